The summed E-state index contributed by atoms with van der Waals surface area (Å²) in [6, 6.07) is 0. The van der Waals surface area contributed by atoms with Gasteiger partial charge in [0.1, 0.15) is 0 Å². The number of hydrogen-bond acceptors (Lipinski definition) is 7. The van der Waals surface area contributed by atoms with Gasteiger partial charge in [-0.15, -0.1) is 11.3 Å². The summed E-state index contributed by atoms with van der Waals surface area (Å²) >= 11 is 3.23. The lowest BCUT2D eigenvalue weighted by Gasteiger charge is -2.32. The Morgan fingerprint density at radius 1 is 1.25 bits per heavy atom. The molecule has 0 aliphatic carbocycles. The number of piperazine rings is 1. The fourth-order valence-electron chi connectivity index (χ4n) is 2.30. The van der Waals surface area contributed by atoms with E-state index in [-0.39, 0.29) is 0 Å². The number of nitrogens with two attached hydrogens (primary N) is 1. The Morgan fingerprint density at radius 2 is 2.00 bits per heavy atom. The highest BCUT2D eigenvalue weighted by atomic mass is 32.1. The molecule has 0 bridgehead atoms. The van der Waals surface area contributed by atoms with Crippen molar-refractivity contribution in [1.82, 2.24) is 14.9 Å². The molecule has 0 saturated carbocycles. The van der Waals surface area contributed by atoms with Gasteiger partial charge >= 0.3 is 0 Å². The van der Waals surface area contributed by atoms with Crippen molar-refractivity contribution in [2.75, 3.05) is 43.9 Å². The van der Waals surface area contributed by atoms with E-state index >= 15 is 0 Å². The summed E-state index contributed by atoms with van der Waals surface area (Å²) in [6.45, 7) is 6.43. The molecular weight excluding hydrogens is 290 g/mol. The predicted molar refractivity (Wildman–Crippen MR) is 86.7 cm³/mol. The summed E-state index contributed by atoms with van der Waals surface area (Å²) in [6.07, 6.45) is 0.928. The lowest BCUT2D eigenvalue weighted by atomic mass is 10.2. The standard InChI is InChI=1S/C13H19N5S2/c1-3-9-11(10-8-19-12(14)15-10)20-13(16-9)18-6-4-17(2)5-7-18/h8H,3-7H2,1-2H3,(H2,14,15). The number of aromatic nitrogens is 2. The molecule has 5 nitrogen and oxygen atoms in total. The fourth-order valence-corrected chi connectivity index (χ4v) is 4.10. The molecule has 0 unspecified atom stereocenters. The zero-order valence-electron chi connectivity index (χ0n) is 11.8. The number of anilines is 2. The smallest absolute Gasteiger partial charge is 0.186 e. The van der Waals surface area contributed by atoms with Gasteiger partial charge in [-0.25, -0.2) is 9.97 Å². The summed E-state index contributed by atoms with van der Waals surface area (Å²) < 4.78 is 0. The third-order valence-electron chi connectivity index (χ3n) is 3.55. The Balaban J connectivity index is 1.88. The Hall–Kier alpha value is -1.18. The van der Waals surface area contributed by atoms with Gasteiger partial charge in [0.25, 0.3) is 0 Å². The monoisotopic (exact) mass is 309 g/mol. The van der Waals surface area contributed by atoms with Gasteiger partial charge in [0.05, 0.1) is 16.3 Å². The van der Waals surface area contributed by atoms with Crippen LogP contribution in [0.25, 0.3) is 10.6 Å². The van der Waals surface area contributed by atoms with Crippen LogP contribution in [0.1, 0.15) is 12.6 Å². The minimum atomic E-state index is 0.622. The van der Waals surface area contributed by atoms with E-state index in [1.165, 1.54) is 16.2 Å². The number of nitrogen functional groups attached to an aromatic ring is 1. The molecule has 2 aromatic rings. The molecule has 1 saturated heterocycles. The third-order valence-corrected chi connectivity index (χ3v) is 5.40. The van der Waals surface area contributed by atoms with Gasteiger partial charge in [-0.3, -0.25) is 0 Å². The van der Waals surface area contributed by atoms with Crippen molar-refractivity contribution < 1.29 is 0 Å². The molecule has 108 valence electrons. The number of nitrogens with zero attached hydrogens (tertiary/aromatic N) is 4. The van der Waals surface area contributed by atoms with E-state index in [1.54, 1.807) is 11.3 Å². The van der Waals surface area contributed by atoms with Gasteiger partial charge < -0.3 is 15.5 Å². The minimum Gasteiger partial charge on any atom is -0.375 e. The largest absolute Gasteiger partial charge is 0.375 e. The molecule has 20 heavy (non-hydrogen) atoms. The van der Waals surface area contributed by atoms with Gasteiger partial charge in [-0.2, -0.15) is 0 Å². The lowest BCUT2D eigenvalue weighted by Crippen LogP contribution is -2.44. The van der Waals surface area contributed by atoms with Crippen LogP contribution in [0.2, 0.25) is 0 Å². The first-order chi connectivity index (χ1) is 9.67. The van der Waals surface area contributed by atoms with Crippen LogP contribution in [-0.2, 0) is 6.42 Å². The van der Waals surface area contributed by atoms with Gasteiger partial charge in [-0.05, 0) is 13.5 Å². The number of rotatable bonds is 3. The maximum absolute atomic E-state index is 5.75. The van der Waals surface area contributed by atoms with Crippen LogP contribution in [-0.4, -0.2) is 48.1 Å². The quantitative estimate of drug-likeness (QED) is 0.941. The summed E-state index contributed by atoms with van der Waals surface area (Å²) in [5.41, 5.74) is 7.86. The number of thiazole rings is 2. The zero-order chi connectivity index (χ0) is 14.1. The average molecular weight is 309 g/mol. The van der Waals surface area contributed by atoms with Gasteiger partial charge in [0.15, 0.2) is 10.3 Å². The molecule has 1 fully saturated rings. The van der Waals surface area contributed by atoms with Crippen LogP contribution < -0.4 is 10.6 Å². The summed E-state index contributed by atoms with van der Waals surface area (Å²) in [4.78, 5) is 15.1. The van der Waals surface area contributed by atoms with Crippen molar-refractivity contribution >= 4 is 32.9 Å². The number of hydrogen-bond donors (Lipinski definition) is 1. The molecule has 0 aromatic carbocycles. The summed E-state index contributed by atoms with van der Waals surface area (Å²) in [7, 11) is 2.17. The van der Waals surface area contributed by atoms with Crippen molar-refractivity contribution in [2.45, 2.75) is 13.3 Å². The molecule has 3 heterocycles. The zero-order valence-corrected chi connectivity index (χ0v) is 13.4. The molecule has 0 atom stereocenters. The predicted octanol–water partition coefficient (Wildman–Crippen LogP) is 2.16. The molecule has 0 radical (unpaired) electrons. The molecule has 3 rings (SSSR count). The average Bonchev–Trinajstić information content (AvgIpc) is 3.05. The highest BCUT2D eigenvalue weighted by Gasteiger charge is 2.21. The maximum atomic E-state index is 5.75. The second-order valence-corrected chi connectivity index (χ2v) is 6.85. The van der Waals surface area contributed by atoms with Crippen molar-refractivity contribution in [2.24, 2.45) is 0 Å². The van der Waals surface area contributed by atoms with Crippen molar-refractivity contribution in [1.29, 1.82) is 0 Å². The van der Waals surface area contributed by atoms with E-state index in [0.717, 1.165) is 49.1 Å². The normalized spacial score (nSPS) is 16.8. The molecule has 2 N–H and O–H groups in total. The Bertz CT molecular complexity index is 583. The molecule has 1 aliphatic rings. The number of likely N-dealkylation sites (N-methyl/N-ethyl adjacent to an activating group) is 1. The second kappa shape index (κ2) is 5.67. The summed E-state index contributed by atoms with van der Waals surface area (Å²) in [5.74, 6) is 0. The molecular formula is C13H19N5S2. The van der Waals surface area contributed by atoms with Crippen LogP contribution in [0, 0.1) is 0 Å². The molecule has 2 aromatic heterocycles. The third kappa shape index (κ3) is 2.65. The lowest BCUT2D eigenvalue weighted by molar-refractivity contribution is 0.312. The van der Waals surface area contributed by atoms with Gasteiger partial charge in [-0.1, -0.05) is 18.3 Å². The molecule has 1 aliphatic heterocycles. The molecule has 0 spiro atoms. The number of aryl methyl sites for hydroxylation is 1. The summed E-state index contributed by atoms with van der Waals surface area (Å²) in [5, 5.41) is 3.77. The van der Waals surface area contributed by atoms with Crippen molar-refractivity contribution in [3.8, 4) is 10.6 Å². The van der Waals surface area contributed by atoms with Crippen molar-refractivity contribution in [3.05, 3.63) is 11.1 Å². The van der Waals surface area contributed by atoms with E-state index < -0.39 is 0 Å². The Morgan fingerprint density at radius 3 is 2.60 bits per heavy atom. The second-order valence-electron chi connectivity index (χ2n) is 4.99. The van der Waals surface area contributed by atoms with Gasteiger partial charge in [0, 0.05) is 31.6 Å². The van der Waals surface area contributed by atoms with Crippen LogP contribution in [0.4, 0.5) is 10.3 Å². The fraction of sp³-hybridized carbons (Fsp3) is 0.538. The van der Waals surface area contributed by atoms with E-state index in [2.05, 4.69) is 28.8 Å². The first-order valence-electron chi connectivity index (χ1n) is 6.82. The van der Waals surface area contributed by atoms with E-state index in [1.807, 2.05) is 5.38 Å². The van der Waals surface area contributed by atoms with Crippen LogP contribution in [0.5, 0.6) is 0 Å². The van der Waals surface area contributed by atoms with Crippen LogP contribution >= 0.6 is 22.7 Å². The van der Waals surface area contributed by atoms with Crippen molar-refractivity contribution in [3.63, 3.8) is 0 Å². The topological polar surface area (TPSA) is 58.3 Å². The van der Waals surface area contributed by atoms with Crippen LogP contribution in [0.15, 0.2) is 5.38 Å². The maximum Gasteiger partial charge on any atom is 0.186 e. The molecule has 0 amide bonds. The minimum absolute atomic E-state index is 0.622. The highest BCUT2D eigenvalue weighted by molar-refractivity contribution is 7.19. The Labute approximate surface area is 127 Å². The SMILES string of the molecule is CCc1nc(N2CCN(C)CC2)sc1-c1csc(N)n1. The van der Waals surface area contributed by atoms with Gasteiger partial charge in [0.2, 0.25) is 0 Å². The Kier molecular flexibility index (Phi) is 3.91. The first kappa shape index (κ1) is 13.8. The van der Waals surface area contributed by atoms with E-state index in [4.69, 9.17) is 10.7 Å². The van der Waals surface area contributed by atoms with E-state index in [0.29, 0.717) is 5.13 Å². The van der Waals surface area contributed by atoms with E-state index in [9.17, 15) is 0 Å². The first-order valence-corrected chi connectivity index (χ1v) is 8.51. The highest BCUT2D eigenvalue weighted by Crippen LogP contribution is 2.36. The van der Waals surface area contributed by atoms with Crippen LogP contribution in [0.3, 0.4) is 0 Å². The molecule has 7 heteroatoms.